The smallest absolute Gasteiger partial charge is 0.295 e. The highest BCUT2D eigenvalue weighted by Gasteiger charge is 2.46. The summed E-state index contributed by atoms with van der Waals surface area (Å²) in [5, 5.41) is 11.6. The van der Waals surface area contributed by atoms with Crippen LogP contribution in [0.5, 0.6) is 5.75 Å². The van der Waals surface area contributed by atoms with E-state index in [0.29, 0.717) is 16.1 Å². The molecule has 156 valence electrons. The number of aliphatic hydroxyl groups excluding tert-OH is 1. The molecule has 4 rings (SSSR count). The van der Waals surface area contributed by atoms with E-state index in [1.807, 2.05) is 13.0 Å². The van der Waals surface area contributed by atoms with E-state index in [-0.39, 0.29) is 30.6 Å². The van der Waals surface area contributed by atoms with E-state index in [1.165, 1.54) is 12.0 Å². The molecular formula is C23H22ClNO5. The van der Waals surface area contributed by atoms with Crippen molar-refractivity contribution in [1.29, 1.82) is 0 Å². The van der Waals surface area contributed by atoms with Crippen LogP contribution in [-0.2, 0) is 20.7 Å². The molecule has 1 saturated heterocycles. The third kappa shape index (κ3) is 3.57. The number of carbonyl (C=O) groups is 2. The van der Waals surface area contributed by atoms with Crippen LogP contribution in [0.1, 0.15) is 29.7 Å². The van der Waals surface area contributed by atoms with Crippen LogP contribution < -0.4 is 4.74 Å². The fourth-order valence-electron chi connectivity index (χ4n) is 4.05. The lowest BCUT2D eigenvalue weighted by Gasteiger charge is -2.25. The number of benzene rings is 2. The molecule has 0 radical (unpaired) electrons. The molecule has 1 N–H and O–H groups in total. The maximum atomic E-state index is 12.9. The number of nitrogens with zero attached hydrogens (tertiary/aromatic N) is 1. The minimum atomic E-state index is -0.748. The number of hydrogen-bond donors (Lipinski definition) is 1. The second kappa shape index (κ2) is 8.13. The fourth-order valence-corrected chi connectivity index (χ4v) is 4.25. The summed E-state index contributed by atoms with van der Waals surface area (Å²) in [5.41, 5.74) is 2.13. The van der Waals surface area contributed by atoms with Crippen LogP contribution in [0.4, 0.5) is 0 Å². The van der Waals surface area contributed by atoms with Gasteiger partial charge in [0, 0.05) is 30.7 Å². The van der Waals surface area contributed by atoms with Crippen molar-refractivity contribution in [1.82, 2.24) is 4.90 Å². The summed E-state index contributed by atoms with van der Waals surface area (Å²) in [6.07, 6.45) is 0.777. The number of methoxy groups -OCH3 is 1. The van der Waals surface area contributed by atoms with Gasteiger partial charge in [-0.05, 0) is 48.4 Å². The number of ether oxygens (including phenoxy) is 2. The molecule has 0 aromatic heterocycles. The summed E-state index contributed by atoms with van der Waals surface area (Å²) in [5.74, 6) is -0.832. The molecule has 0 unspecified atom stereocenters. The highest BCUT2D eigenvalue weighted by atomic mass is 35.5. The Bertz CT molecular complexity index is 1050. The molecule has 30 heavy (non-hydrogen) atoms. The van der Waals surface area contributed by atoms with Crippen LogP contribution in [0.3, 0.4) is 0 Å². The van der Waals surface area contributed by atoms with Gasteiger partial charge in [-0.1, -0.05) is 23.7 Å². The first kappa shape index (κ1) is 20.4. The molecular weight excluding hydrogens is 406 g/mol. The van der Waals surface area contributed by atoms with Crippen LogP contribution in [0.2, 0.25) is 5.02 Å². The fraction of sp³-hybridized carbons (Fsp3) is 0.304. The van der Waals surface area contributed by atoms with Crippen molar-refractivity contribution in [2.75, 3.05) is 20.3 Å². The normalized spacial score (nSPS) is 22.3. The Morgan fingerprint density at radius 3 is 2.80 bits per heavy atom. The molecule has 2 aromatic carbocycles. The van der Waals surface area contributed by atoms with Crippen molar-refractivity contribution in [2.24, 2.45) is 0 Å². The summed E-state index contributed by atoms with van der Waals surface area (Å²) in [6, 6.07) is 11.5. The van der Waals surface area contributed by atoms with Gasteiger partial charge in [-0.2, -0.15) is 0 Å². The Morgan fingerprint density at radius 1 is 1.27 bits per heavy atom. The van der Waals surface area contributed by atoms with E-state index >= 15 is 0 Å². The molecule has 0 bridgehead atoms. The third-order valence-electron chi connectivity index (χ3n) is 5.41. The van der Waals surface area contributed by atoms with Crippen LogP contribution in [-0.4, -0.2) is 48.1 Å². The number of aliphatic hydroxyl groups is 1. The molecule has 0 spiro atoms. The zero-order valence-electron chi connectivity index (χ0n) is 16.7. The van der Waals surface area contributed by atoms with Gasteiger partial charge in [0.2, 0.25) is 0 Å². The van der Waals surface area contributed by atoms with Crippen molar-refractivity contribution in [2.45, 2.75) is 25.5 Å². The predicted molar refractivity (Wildman–Crippen MR) is 113 cm³/mol. The second-order valence-electron chi connectivity index (χ2n) is 7.50. The average Bonchev–Trinajstić information content (AvgIpc) is 3.22. The SMILES string of the molecule is COCCN1C(=O)C(=O)/C(=C(/O)c2ccc3c(c2)C[C@H](C)O3)[C@H]1c1cccc(Cl)c1. The monoisotopic (exact) mass is 427 g/mol. The highest BCUT2D eigenvalue weighted by Crippen LogP contribution is 2.40. The number of ketones is 1. The van der Waals surface area contributed by atoms with Gasteiger partial charge in [0.15, 0.2) is 0 Å². The van der Waals surface area contributed by atoms with E-state index in [1.54, 1.807) is 36.4 Å². The number of likely N-dealkylation sites (tertiary alicyclic amines) is 1. The van der Waals surface area contributed by atoms with Gasteiger partial charge in [-0.15, -0.1) is 0 Å². The van der Waals surface area contributed by atoms with Crippen molar-refractivity contribution < 1.29 is 24.2 Å². The Kier molecular flexibility index (Phi) is 5.54. The third-order valence-corrected chi connectivity index (χ3v) is 5.65. The minimum absolute atomic E-state index is 0.0466. The minimum Gasteiger partial charge on any atom is -0.507 e. The maximum absolute atomic E-state index is 12.9. The Morgan fingerprint density at radius 2 is 2.07 bits per heavy atom. The lowest BCUT2D eigenvalue weighted by atomic mass is 9.94. The first-order valence-electron chi connectivity index (χ1n) is 9.73. The quantitative estimate of drug-likeness (QED) is 0.447. The van der Waals surface area contributed by atoms with Crippen molar-refractivity contribution >= 4 is 29.1 Å². The molecule has 2 aromatic rings. The van der Waals surface area contributed by atoms with Crippen molar-refractivity contribution in [3.05, 3.63) is 69.8 Å². The van der Waals surface area contributed by atoms with Crippen LogP contribution >= 0.6 is 11.6 Å². The Labute approximate surface area is 179 Å². The number of rotatable bonds is 5. The molecule has 0 saturated carbocycles. The number of fused-ring (bicyclic) bond motifs is 1. The van der Waals surface area contributed by atoms with Crippen LogP contribution in [0, 0.1) is 0 Å². The molecule has 7 heteroatoms. The van der Waals surface area contributed by atoms with Gasteiger partial charge < -0.3 is 19.5 Å². The average molecular weight is 428 g/mol. The van der Waals surface area contributed by atoms with Crippen molar-refractivity contribution in [3.63, 3.8) is 0 Å². The number of amides is 1. The molecule has 6 nitrogen and oxygen atoms in total. The zero-order valence-corrected chi connectivity index (χ0v) is 17.5. The largest absolute Gasteiger partial charge is 0.507 e. The van der Waals surface area contributed by atoms with E-state index in [4.69, 9.17) is 21.1 Å². The summed E-state index contributed by atoms with van der Waals surface area (Å²) >= 11 is 6.16. The maximum Gasteiger partial charge on any atom is 0.295 e. The lowest BCUT2D eigenvalue weighted by Crippen LogP contribution is -2.32. The summed E-state index contributed by atoms with van der Waals surface area (Å²) in [7, 11) is 1.53. The predicted octanol–water partition coefficient (Wildman–Crippen LogP) is 3.73. The molecule has 2 aliphatic heterocycles. The topological polar surface area (TPSA) is 76.1 Å². The van der Waals surface area contributed by atoms with Crippen molar-refractivity contribution in [3.8, 4) is 5.75 Å². The van der Waals surface area contributed by atoms with Gasteiger partial charge in [0.1, 0.15) is 17.6 Å². The van der Waals surface area contributed by atoms with Gasteiger partial charge in [0.05, 0.1) is 18.2 Å². The van der Waals surface area contributed by atoms with Gasteiger partial charge in [-0.25, -0.2) is 0 Å². The number of halogens is 1. The molecule has 0 aliphatic carbocycles. The van der Waals surface area contributed by atoms with Gasteiger partial charge in [0.25, 0.3) is 11.7 Å². The Hall–Kier alpha value is -2.83. The number of hydrogen-bond acceptors (Lipinski definition) is 5. The van der Waals surface area contributed by atoms with Gasteiger partial charge >= 0.3 is 0 Å². The second-order valence-corrected chi connectivity index (χ2v) is 7.93. The van der Waals surface area contributed by atoms with Crippen LogP contribution in [0.15, 0.2) is 48.0 Å². The van der Waals surface area contributed by atoms with E-state index < -0.39 is 17.7 Å². The number of Topliss-reactive ketones (excluding diaryl/α,β-unsaturated/α-hetero) is 1. The molecule has 1 amide bonds. The summed E-state index contributed by atoms with van der Waals surface area (Å²) < 4.78 is 10.8. The summed E-state index contributed by atoms with van der Waals surface area (Å²) in [4.78, 5) is 27.1. The highest BCUT2D eigenvalue weighted by molar-refractivity contribution is 6.46. The summed E-state index contributed by atoms with van der Waals surface area (Å²) in [6.45, 7) is 2.45. The molecule has 2 heterocycles. The van der Waals surface area contributed by atoms with E-state index in [9.17, 15) is 14.7 Å². The first-order chi connectivity index (χ1) is 14.4. The standard InChI is InChI=1S/C23H22ClNO5/c1-13-10-16-11-15(6-7-18(16)30-13)21(26)19-20(14-4-3-5-17(24)12-14)25(8-9-29-2)23(28)22(19)27/h3-7,11-13,20,26H,8-10H2,1-2H3/b21-19+/t13-,20+/m0/s1. The Balaban J connectivity index is 1.83. The zero-order chi connectivity index (χ0) is 21.4. The number of carbonyl (C=O) groups excluding carboxylic acids is 2. The van der Waals surface area contributed by atoms with Gasteiger partial charge in [-0.3, -0.25) is 9.59 Å². The van der Waals surface area contributed by atoms with E-state index in [0.717, 1.165) is 17.7 Å². The molecule has 2 aliphatic rings. The lowest BCUT2D eigenvalue weighted by molar-refractivity contribution is -0.140. The van der Waals surface area contributed by atoms with E-state index in [2.05, 4.69) is 0 Å². The van der Waals surface area contributed by atoms with Crippen LogP contribution in [0.25, 0.3) is 5.76 Å². The molecule has 1 fully saturated rings. The first-order valence-corrected chi connectivity index (χ1v) is 10.1. The molecule has 2 atom stereocenters.